The minimum atomic E-state index is -1.79. The highest BCUT2D eigenvalue weighted by Crippen LogP contribution is 2.31. The Morgan fingerprint density at radius 3 is 2.83 bits per heavy atom. The molecular formula is C9H8O2S. The molecule has 1 aliphatic carbocycles. The van der Waals surface area contributed by atoms with E-state index in [-0.39, 0.29) is 5.25 Å². The maximum Gasteiger partial charge on any atom is 0.164 e. The fourth-order valence-corrected chi connectivity index (χ4v) is 2.04. The molecule has 0 aliphatic heterocycles. The van der Waals surface area contributed by atoms with Crippen molar-refractivity contribution in [3.05, 3.63) is 41.5 Å². The zero-order valence-corrected chi connectivity index (χ0v) is 7.12. The Kier molecular flexibility index (Phi) is 1.83. The zero-order valence-electron chi connectivity index (χ0n) is 6.31. The lowest BCUT2D eigenvalue weighted by Gasteiger charge is -2.04. The van der Waals surface area contributed by atoms with E-state index in [2.05, 4.69) is 0 Å². The Labute approximate surface area is 73.2 Å². The van der Waals surface area contributed by atoms with Crippen LogP contribution < -0.4 is 0 Å². The first-order valence-electron chi connectivity index (χ1n) is 3.66. The molecule has 2 atom stereocenters. The van der Waals surface area contributed by atoms with E-state index < -0.39 is 11.1 Å². The van der Waals surface area contributed by atoms with Crippen molar-refractivity contribution in [2.24, 2.45) is 0 Å². The summed E-state index contributed by atoms with van der Waals surface area (Å²) < 4.78 is 19.7. The monoisotopic (exact) mass is 180 g/mol. The topological polar surface area (TPSA) is 37.3 Å². The van der Waals surface area contributed by atoms with Gasteiger partial charge in [-0.3, -0.25) is 0 Å². The van der Waals surface area contributed by atoms with E-state index in [4.69, 9.17) is 4.55 Å². The van der Waals surface area contributed by atoms with Gasteiger partial charge in [0, 0.05) is 0 Å². The molecule has 0 saturated heterocycles. The molecule has 0 amide bonds. The van der Waals surface area contributed by atoms with Crippen LogP contribution in [0.15, 0.2) is 30.3 Å². The van der Waals surface area contributed by atoms with Crippen LogP contribution in [-0.4, -0.2) is 8.76 Å². The van der Waals surface area contributed by atoms with Gasteiger partial charge in [-0.1, -0.05) is 36.4 Å². The first kappa shape index (κ1) is 7.71. The van der Waals surface area contributed by atoms with Gasteiger partial charge in [0.25, 0.3) is 0 Å². The Bertz CT molecular complexity index is 357. The average molecular weight is 180 g/mol. The van der Waals surface area contributed by atoms with Crippen LogP contribution in [0, 0.1) is 0 Å². The van der Waals surface area contributed by atoms with Crippen LogP contribution in [0.2, 0.25) is 0 Å². The maximum absolute atomic E-state index is 10.8. The molecule has 1 aromatic rings. The van der Waals surface area contributed by atoms with Gasteiger partial charge in [0.15, 0.2) is 11.1 Å². The summed E-state index contributed by atoms with van der Waals surface area (Å²) >= 11 is -1.79. The second kappa shape index (κ2) is 2.84. The molecule has 2 nitrogen and oxygen atoms in total. The van der Waals surface area contributed by atoms with Crippen molar-refractivity contribution in [3.8, 4) is 0 Å². The smallest absolute Gasteiger partial charge is 0.164 e. The highest BCUT2D eigenvalue weighted by Gasteiger charge is 2.20. The summed E-state index contributed by atoms with van der Waals surface area (Å²) in [6.07, 6.45) is 3.65. The van der Waals surface area contributed by atoms with Crippen molar-refractivity contribution in [3.63, 3.8) is 0 Å². The summed E-state index contributed by atoms with van der Waals surface area (Å²) in [4.78, 5) is 0. The molecule has 62 valence electrons. The minimum absolute atomic E-state index is 0.332. The third-order valence-corrected chi connectivity index (χ3v) is 2.82. The number of fused-ring (bicyclic) bond motifs is 1. The normalized spacial score (nSPS) is 22.2. The van der Waals surface area contributed by atoms with Crippen molar-refractivity contribution < 1.29 is 8.76 Å². The van der Waals surface area contributed by atoms with Crippen LogP contribution in [-0.2, 0) is 11.1 Å². The van der Waals surface area contributed by atoms with Gasteiger partial charge in [-0.15, -0.1) is 0 Å². The summed E-state index contributed by atoms with van der Waals surface area (Å²) in [6.45, 7) is 0. The Balaban J connectivity index is 2.49. The first-order valence-corrected chi connectivity index (χ1v) is 4.83. The lowest BCUT2D eigenvalue weighted by Crippen LogP contribution is -1.99. The Hall–Kier alpha value is -0.930. The van der Waals surface area contributed by atoms with Gasteiger partial charge in [0.05, 0.1) is 0 Å². The van der Waals surface area contributed by atoms with E-state index in [1.165, 1.54) is 0 Å². The predicted octanol–water partition coefficient (Wildman–Crippen LogP) is 1.98. The average Bonchev–Trinajstić information content (AvgIpc) is 2.47. The van der Waals surface area contributed by atoms with E-state index >= 15 is 0 Å². The van der Waals surface area contributed by atoms with Gasteiger partial charge in [0.2, 0.25) is 0 Å². The number of hydrogen-bond acceptors (Lipinski definition) is 1. The summed E-state index contributed by atoms with van der Waals surface area (Å²) in [5.41, 5.74) is 1.99. The summed E-state index contributed by atoms with van der Waals surface area (Å²) in [7, 11) is 0. The molecule has 2 unspecified atom stereocenters. The van der Waals surface area contributed by atoms with E-state index in [0.29, 0.717) is 0 Å². The molecule has 2 rings (SSSR count). The second-order valence-electron chi connectivity index (χ2n) is 2.68. The summed E-state index contributed by atoms with van der Waals surface area (Å²) in [6, 6.07) is 7.63. The van der Waals surface area contributed by atoms with Crippen LogP contribution in [0.25, 0.3) is 6.08 Å². The molecule has 0 aromatic heterocycles. The maximum atomic E-state index is 10.8. The van der Waals surface area contributed by atoms with Crippen molar-refractivity contribution >= 4 is 17.2 Å². The van der Waals surface area contributed by atoms with Gasteiger partial charge >= 0.3 is 0 Å². The van der Waals surface area contributed by atoms with Crippen LogP contribution in [0.3, 0.4) is 0 Å². The van der Waals surface area contributed by atoms with Gasteiger partial charge in [-0.05, 0) is 11.1 Å². The summed E-state index contributed by atoms with van der Waals surface area (Å²) in [5.74, 6) is 0. The minimum Gasteiger partial charge on any atom is -0.305 e. The molecule has 0 bridgehead atoms. The molecule has 0 saturated carbocycles. The van der Waals surface area contributed by atoms with Gasteiger partial charge in [-0.25, -0.2) is 4.21 Å². The quantitative estimate of drug-likeness (QED) is 0.671. The fraction of sp³-hybridized carbons (Fsp3) is 0.111. The third kappa shape index (κ3) is 1.11. The Morgan fingerprint density at radius 2 is 2.08 bits per heavy atom. The number of benzene rings is 1. The first-order chi connectivity index (χ1) is 5.79. The number of rotatable bonds is 1. The van der Waals surface area contributed by atoms with Crippen molar-refractivity contribution in [2.45, 2.75) is 5.25 Å². The van der Waals surface area contributed by atoms with Crippen LogP contribution >= 0.6 is 0 Å². The van der Waals surface area contributed by atoms with Crippen molar-refractivity contribution in [1.82, 2.24) is 0 Å². The Morgan fingerprint density at radius 1 is 1.33 bits per heavy atom. The van der Waals surface area contributed by atoms with E-state index in [0.717, 1.165) is 11.1 Å². The lowest BCUT2D eigenvalue weighted by molar-refractivity contribution is 0.558. The highest BCUT2D eigenvalue weighted by atomic mass is 32.2. The third-order valence-electron chi connectivity index (χ3n) is 1.97. The second-order valence-corrected chi connectivity index (χ2v) is 3.75. The molecule has 1 aromatic carbocycles. The lowest BCUT2D eigenvalue weighted by atomic mass is 10.1. The van der Waals surface area contributed by atoms with Gasteiger partial charge in [0.1, 0.15) is 5.25 Å². The SMILES string of the molecule is O=S(O)C1C=Cc2ccccc21. The van der Waals surface area contributed by atoms with E-state index in [1.54, 1.807) is 6.08 Å². The number of hydrogen-bond donors (Lipinski definition) is 1. The van der Waals surface area contributed by atoms with Gasteiger partial charge < -0.3 is 4.55 Å². The van der Waals surface area contributed by atoms with Crippen LogP contribution in [0.4, 0.5) is 0 Å². The molecular weight excluding hydrogens is 172 g/mol. The highest BCUT2D eigenvalue weighted by molar-refractivity contribution is 7.79. The standard InChI is InChI=1S/C9H8O2S/c10-12(11)9-6-5-7-3-1-2-4-8(7)9/h1-6,9H,(H,10,11). The van der Waals surface area contributed by atoms with Crippen LogP contribution in [0.1, 0.15) is 16.4 Å². The predicted molar refractivity (Wildman–Crippen MR) is 49.0 cm³/mol. The van der Waals surface area contributed by atoms with E-state index in [9.17, 15) is 4.21 Å². The molecule has 0 radical (unpaired) electrons. The molecule has 12 heavy (non-hydrogen) atoms. The van der Waals surface area contributed by atoms with Gasteiger partial charge in [-0.2, -0.15) is 0 Å². The zero-order chi connectivity index (χ0) is 8.55. The summed E-state index contributed by atoms with van der Waals surface area (Å²) in [5, 5.41) is -0.332. The van der Waals surface area contributed by atoms with Crippen molar-refractivity contribution in [2.75, 3.05) is 0 Å². The fourth-order valence-electron chi connectivity index (χ4n) is 1.39. The molecule has 0 fully saturated rings. The van der Waals surface area contributed by atoms with Crippen LogP contribution in [0.5, 0.6) is 0 Å². The molecule has 1 aliphatic rings. The molecule has 1 N–H and O–H groups in total. The molecule has 0 heterocycles. The van der Waals surface area contributed by atoms with Crippen molar-refractivity contribution in [1.29, 1.82) is 0 Å². The molecule has 3 heteroatoms. The largest absolute Gasteiger partial charge is 0.305 e. The van der Waals surface area contributed by atoms with E-state index in [1.807, 2.05) is 30.3 Å². The molecule has 0 spiro atoms.